The van der Waals surface area contributed by atoms with E-state index in [4.69, 9.17) is 0 Å². The van der Waals surface area contributed by atoms with E-state index in [-0.39, 0.29) is 0 Å². The Kier molecular flexibility index (Phi) is 2.88. The van der Waals surface area contributed by atoms with Crippen LogP contribution in [0.4, 0.5) is 0 Å². The fourth-order valence-electron chi connectivity index (χ4n) is 2.45. The highest BCUT2D eigenvalue weighted by Gasteiger charge is 2.20. The van der Waals surface area contributed by atoms with Gasteiger partial charge in [0.25, 0.3) is 0 Å². The fourth-order valence-corrected chi connectivity index (χ4v) is 3.13. The number of carboxylic acid groups (broad SMARTS) is 1. The number of thiophene rings is 1. The summed E-state index contributed by atoms with van der Waals surface area (Å²) in [5.74, 6) is -0.839. The number of aromatic carboxylic acids is 1. The molecule has 0 atom stereocenters. The van der Waals surface area contributed by atoms with E-state index in [1.807, 2.05) is 17.5 Å². The van der Waals surface area contributed by atoms with E-state index in [9.17, 15) is 9.90 Å². The SMILES string of the molecule is O=C(O)c1cc(-c2cccs2)nc2c1CCCC2. The lowest BCUT2D eigenvalue weighted by Crippen LogP contribution is -2.13. The van der Waals surface area contributed by atoms with Crippen LogP contribution in [0.25, 0.3) is 10.6 Å². The highest BCUT2D eigenvalue weighted by molar-refractivity contribution is 7.13. The van der Waals surface area contributed by atoms with Crippen molar-refractivity contribution in [1.82, 2.24) is 4.98 Å². The molecule has 0 saturated carbocycles. The highest BCUT2D eigenvalue weighted by Crippen LogP contribution is 2.29. The first-order valence-electron chi connectivity index (χ1n) is 6.05. The normalized spacial score (nSPS) is 14.2. The van der Waals surface area contributed by atoms with E-state index in [0.29, 0.717) is 5.56 Å². The Balaban J connectivity index is 2.18. The Hall–Kier alpha value is -1.68. The molecule has 0 fully saturated rings. The Bertz CT molecular complexity index is 590. The zero-order valence-electron chi connectivity index (χ0n) is 9.85. The predicted octanol–water partition coefficient (Wildman–Crippen LogP) is 3.39. The van der Waals surface area contributed by atoms with Gasteiger partial charge in [0.2, 0.25) is 0 Å². The van der Waals surface area contributed by atoms with Gasteiger partial charge >= 0.3 is 5.97 Å². The predicted molar refractivity (Wildman–Crippen MR) is 71.2 cm³/mol. The van der Waals surface area contributed by atoms with Gasteiger partial charge in [0.1, 0.15) is 0 Å². The maximum absolute atomic E-state index is 11.4. The van der Waals surface area contributed by atoms with Crippen LogP contribution in [0.2, 0.25) is 0 Å². The standard InChI is InChI=1S/C14H13NO2S/c16-14(17)10-8-12(13-6-3-7-18-13)15-11-5-2-1-4-9(10)11/h3,6-8H,1-2,4-5H2,(H,16,17). The van der Waals surface area contributed by atoms with Crippen molar-refractivity contribution in [2.75, 3.05) is 0 Å². The van der Waals surface area contributed by atoms with Gasteiger partial charge in [0.05, 0.1) is 16.1 Å². The van der Waals surface area contributed by atoms with Gasteiger partial charge in [-0.25, -0.2) is 4.79 Å². The van der Waals surface area contributed by atoms with E-state index >= 15 is 0 Å². The van der Waals surface area contributed by atoms with E-state index in [1.54, 1.807) is 17.4 Å². The van der Waals surface area contributed by atoms with Crippen molar-refractivity contribution in [1.29, 1.82) is 0 Å². The summed E-state index contributed by atoms with van der Waals surface area (Å²) in [5, 5.41) is 11.3. The maximum atomic E-state index is 11.4. The Morgan fingerprint density at radius 3 is 2.89 bits per heavy atom. The molecule has 0 radical (unpaired) electrons. The average molecular weight is 259 g/mol. The van der Waals surface area contributed by atoms with Gasteiger partial charge in [-0.2, -0.15) is 0 Å². The third-order valence-corrected chi connectivity index (χ3v) is 4.20. The van der Waals surface area contributed by atoms with Gasteiger partial charge in [-0.15, -0.1) is 11.3 Å². The van der Waals surface area contributed by atoms with E-state index < -0.39 is 5.97 Å². The molecule has 18 heavy (non-hydrogen) atoms. The molecule has 0 aliphatic heterocycles. The van der Waals surface area contributed by atoms with E-state index in [2.05, 4.69) is 4.98 Å². The summed E-state index contributed by atoms with van der Waals surface area (Å²) in [6, 6.07) is 5.66. The lowest BCUT2D eigenvalue weighted by atomic mass is 9.91. The number of hydrogen-bond donors (Lipinski definition) is 1. The Morgan fingerprint density at radius 2 is 2.17 bits per heavy atom. The second kappa shape index (κ2) is 4.53. The highest BCUT2D eigenvalue weighted by atomic mass is 32.1. The van der Waals surface area contributed by atoms with Gasteiger partial charge in [0, 0.05) is 5.69 Å². The second-order valence-electron chi connectivity index (χ2n) is 4.47. The van der Waals surface area contributed by atoms with Crippen LogP contribution in [-0.4, -0.2) is 16.1 Å². The summed E-state index contributed by atoms with van der Waals surface area (Å²) >= 11 is 1.59. The van der Waals surface area contributed by atoms with Crippen molar-refractivity contribution in [3.63, 3.8) is 0 Å². The van der Waals surface area contributed by atoms with Crippen LogP contribution in [-0.2, 0) is 12.8 Å². The van der Waals surface area contributed by atoms with Crippen molar-refractivity contribution in [2.24, 2.45) is 0 Å². The first kappa shape index (κ1) is 11.4. The minimum absolute atomic E-state index is 0.433. The molecule has 0 aromatic carbocycles. The fraction of sp³-hybridized carbons (Fsp3) is 0.286. The average Bonchev–Trinajstić information content (AvgIpc) is 2.91. The number of aromatic nitrogens is 1. The van der Waals surface area contributed by atoms with Crippen molar-refractivity contribution in [2.45, 2.75) is 25.7 Å². The molecule has 0 saturated heterocycles. The molecule has 0 unspecified atom stereocenters. The van der Waals surface area contributed by atoms with Crippen LogP contribution in [0, 0.1) is 0 Å². The molecular formula is C14H13NO2S. The molecule has 3 nitrogen and oxygen atoms in total. The largest absolute Gasteiger partial charge is 0.478 e. The molecule has 1 aliphatic rings. The number of rotatable bonds is 2. The summed E-state index contributed by atoms with van der Waals surface area (Å²) in [6.07, 6.45) is 3.91. The first-order valence-corrected chi connectivity index (χ1v) is 6.93. The molecule has 92 valence electrons. The monoisotopic (exact) mass is 259 g/mol. The van der Waals surface area contributed by atoms with Crippen molar-refractivity contribution >= 4 is 17.3 Å². The number of hydrogen-bond acceptors (Lipinski definition) is 3. The minimum atomic E-state index is -0.839. The second-order valence-corrected chi connectivity index (χ2v) is 5.42. The first-order chi connectivity index (χ1) is 8.75. The van der Waals surface area contributed by atoms with Gasteiger partial charge < -0.3 is 5.11 Å². The number of carbonyl (C=O) groups is 1. The number of fused-ring (bicyclic) bond motifs is 1. The number of aryl methyl sites for hydroxylation is 1. The van der Waals surface area contributed by atoms with Crippen molar-refractivity contribution in [3.8, 4) is 10.6 Å². The number of carboxylic acids is 1. The minimum Gasteiger partial charge on any atom is -0.478 e. The van der Waals surface area contributed by atoms with Crippen molar-refractivity contribution in [3.05, 3.63) is 40.4 Å². The van der Waals surface area contributed by atoms with Gasteiger partial charge in [0.15, 0.2) is 0 Å². The molecule has 1 N–H and O–H groups in total. The zero-order valence-corrected chi connectivity index (χ0v) is 10.7. The summed E-state index contributed by atoms with van der Waals surface area (Å²) < 4.78 is 0. The molecule has 0 bridgehead atoms. The molecule has 0 amide bonds. The number of nitrogens with zero attached hydrogens (tertiary/aromatic N) is 1. The van der Waals surface area contributed by atoms with Crippen LogP contribution in [0.1, 0.15) is 34.5 Å². The van der Waals surface area contributed by atoms with Crippen LogP contribution in [0.5, 0.6) is 0 Å². The number of pyridine rings is 1. The molecule has 4 heteroatoms. The lowest BCUT2D eigenvalue weighted by molar-refractivity contribution is 0.0695. The molecule has 2 aromatic rings. The smallest absolute Gasteiger partial charge is 0.336 e. The van der Waals surface area contributed by atoms with E-state index in [1.165, 1.54) is 0 Å². The van der Waals surface area contributed by atoms with Crippen LogP contribution in [0.3, 0.4) is 0 Å². The Labute approximate surface area is 109 Å². The molecule has 2 aromatic heterocycles. The zero-order chi connectivity index (χ0) is 12.5. The third kappa shape index (κ3) is 1.93. The third-order valence-electron chi connectivity index (χ3n) is 3.30. The summed E-state index contributed by atoms with van der Waals surface area (Å²) in [5.41, 5.74) is 3.14. The van der Waals surface area contributed by atoms with E-state index in [0.717, 1.165) is 47.5 Å². The molecular weight excluding hydrogens is 246 g/mol. The van der Waals surface area contributed by atoms with Crippen LogP contribution >= 0.6 is 11.3 Å². The van der Waals surface area contributed by atoms with Crippen molar-refractivity contribution < 1.29 is 9.90 Å². The van der Waals surface area contributed by atoms with Gasteiger partial charge in [-0.3, -0.25) is 4.98 Å². The van der Waals surface area contributed by atoms with Gasteiger partial charge in [-0.1, -0.05) is 6.07 Å². The quantitative estimate of drug-likeness (QED) is 0.899. The molecule has 1 aliphatic carbocycles. The summed E-state index contributed by atoms with van der Waals surface area (Å²) in [7, 11) is 0. The van der Waals surface area contributed by atoms with Crippen LogP contribution in [0.15, 0.2) is 23.6 Å². The lowest BCUT2D eigenvalue weighted by Gasteiger charge is -2.17. The molecule has 0 spiro atoms. The molecule has 2 heterocycles. The topological polar surface area (TPSA) is 50.2 Å². The summed E-state index contributed by atoms with van der Waals surface area (Å²) in [6.45, 7) is 0. The summed E-state index contributed by atoms with van der Waals surface area (Å²) in [4.78, 5) is 17.0. The maximum Gasteiger partial charge on any atom is 0.336 e. The van der Waals surface area contributed by atoms with Crippen LogP contribution < -0.4 is 0 Å². The van der Waals surface area contributed by atoms with Gasteiger partial charge in [-0.05, 0) is 48.8 Å². The molecule has 3 rings (SSSR count). The Morgan fingerprint density at radius 1 is 1.33 bits per heavy atom.